The van der Waals surface area contributed by atoms with Gasteiger partial charge in [0.1, 0.15) is 24.2 Å². The topological polar surface area (TPSA) is 75.7 Å². The van der Waals surface area contributed by atoms with Gasteiger partial charge in [0.2, 0.25) is 15.9 Å². The zero-order valence-corrected chi connectivity index (χ0v) is 17.9. The smallest absolute Gasteiger partial charge is 0.244 e. The van der Waals surface area contributed by atoms with Crippen molar-refractivity contribution in [3.05, 3.63) is 59.4 Å². The van der Waals surface area contributed by atoms with E-state index in [1.54, 1.807) is 6.92 Å². The number of halogens is 1. The second-order valence-corrected chi connectivity index (χ2v) is 8.73. The van der Waals surface area contributed by atoms with Gasteiger partial charge in [-0.3, -0.25) is 9.10 Å². The maximum Gasteiger partial charge on any atom is 0.244 e. The Morgan fingerprint density at radius 1 is 1.17 bits per heavy atom. The van der Waals surface area contributed by atoms with Gasteiger partial charge in [0.25, 0.3) is 0 Å². The Morgan fingerprint density at radius 3 is 2.41 bits per heavy atom. The summed E-state index contributed by atoms with van der Waals surface area (Å²) in [5.74, 6) is -0.175. The van der Waals surface area contributed by atoms with Crippen LogP contribution in [0.15, 0.2) is 42.5 Å². The summed E-state index contributed by atoms with van der Waals surface area (Å²) in [6.07, 6.45) is 1.28. The minimum absolute atomic E-state index is 0.226. The number of nitrogens with zero attached hydrogens (tertiary/aromatic N) is 1. The molecule has 0 aliphatic carbocycles. The Kier molecular flexibility index (Phi) is 7.61. The molecule has 1 amide bonds. The monoisotopic (exact) mass is 422 g/mol. The summed E-state index contributed by atoms with van der Waals surface area (Å²) in [6.45, 7) is 6.10. The van der Waals surface area contributed by atoms with E-state index >= 15 is 0 Å². The highest BCUT2D eigenvalue weighted by Gasteiger charge is 2.31. The number of rotatable bonds is 9. The molecule has 0 aliphatic rings. The van der Waals surface area contributed by atoms with E-state index in [2.05, 4.69) is 5.32 Å². The molecule has 0 fully saturated rings. The molecule has 0 spiro atoms. The summed E-state index contributed by atoms with van der Waals surface area (Å²) in [5.41, 5.74) is 2.30. The maximum atomic E-state index is 13.2. The molecule has 0 unspecified atom stereocenters. The quantitative estimate of drug-likeness (QED) is 0.630. The molecular weight excluding hydrogens is 395 g/mol. The lowest BCUT2D eigenvalue weighted by atomic mass is 10.1. The fourth-order valence-electron chi connectivity index (χ4n) is 2.96. The number of ether oxygens (including phenoxy) is 1. The molecule has 2 aromatic carbocycles. The molecule has 0 heterocycles. The first-order valence-electron chi connectivity index (χ1n) is 9.36. The summed E-state index contributed by atoms with van der Waals surface area (Å²) in [5, 5.41) is 2.73. The van der Waals surface area contributed by atoms with Crippen molar-refractivity contribution in [1.29, 1.82) is 0 Å². The summed E-state index contributed by atoms with van der Waals surface area (Å²) < 4.78 is 44.6. The number of nitrogens with one attached hydrogen (secondary N) is 1. The standard InChI is InChI=1S/C21H27FN2O4S/c1-5-19(24(29(4,26)27)18-10-8-17(22)9-11-18)21(25)23-12-13-28-20-14-15(2)6-7-16(20)3/h6-11,14,19H,5,12-13H2,1-4H3,(H,23,25)/t19-/m0/s1. The van der Waals surface area contributed by atoms with Gasteiger partial charge in [-0.1, -0.05) is 19.1 Å². The van der Waals surface area contributed by atoms with Gasteiger partial charge in [0.15, 0.2) is 0 Å². The van der Waals surface area contributed by atoms with Crippen molar-refractivity contribution in [3.8, 4) is 5.75 Å². The van der Waals surface area contributed by atoms with Crippen LogP contribution in [0.3, 0.4) is 0 Å². The number of amides is 1. The Hall–Kier alpha value is -2.61. The second kappa shape index (κ2) is 9.73. The molecule has 0 bridgehead atoms. The zero-order valence-electron chi connectivity index (χ0n) is 17.1. The van der Waals surface area contributed by atoms with E-state index in [1.807, 2.05) is 32.0 Å². The summed E-state index contributed by atoms with van der Waals surface area (Å²) in [4.78, 5) is 12.7. The normalized spacial score (nSPS) is 12.3. The van der Waals surface area contributed by atoms with Crippen LogP contribution in [0.1, 0.15) is 24.5 Å². The third kappa shape index (κ3) is 6.19. The Morgan fingerprint density at radius 2 is 1.83 bits per heavy atom. The molecule has 2 aromatic rings. The van der Waals surface area contributed by atoms with E-state index in [0.29, 0.717) is 0 Å². The molecule has 29 heavy (non-hydrogen) atoms. The van der Waals surface area contributed by atoms with Crippen LogP contribution >= 0.6 is 0 Å². The van der Waals surface area contributed by atoms with Crippen LogP contribution in [-0.2, 0) is 14.8 Å². The summed E-state index contributed by atoms with van der Waals surface area (Å²) in [7, 11) is -3.75. The molecule has 6 nitrogen and oxygen atoms in total. The molecule has 0 aliphatic heterocycles. The number of anilines is 1. The van der Waals surface area contributed by atoms with E-state index in [4.69, 9.17) is 4.74 Å². The molecule has 0 radical (unpaired) electrons. The van der Waals surface area contributed by atoms with Crippen LogP contribution in [0.2, 0.25) is 0 Å². The van der Waals surface area contributed by atoms with Crippen molar-refractivity contribution in [2.24, 2.45) is 0 Å². The van der Waals surface area contributed by atoms with Crippen molar-refractivity contribution in [2.45, 2.75) is 33.2 Å². The second-order valence-electron chi connectivity index (χ2n) is 6.87. The minimum atomic E-state index is -3.75. The fraction of sp³-hybridized carbons (Fsp3) is 0.381. The van der Waals surface area contributed by atoms with E-state index in [1.165, 1.54) is 12.1 Å². The van der Waals surface area contributed by atoms with Crippen LogP contribution in [-0.4, -0.2) is 39.8 Å². The van der Waals surface area contributed by atoms with Crippen LogP contribution in [0.5, 0.6) is 5.75 Å². The Balaban J connectivity index is 2.05. The molecule has 1 atom stereocenters. The van der Waals surface area contributed by atoms with Crippen molar-refractivity contribution in [3.63, 3.8) is 0 Å². The number of carbonyl (C=O) groups is 1. The first-order chi connectivity index (χ1) is 13.6. The van der Waals surface area contributed by atoms with E-state index in [0.717, 1.165) is 39.6 Å². The van der Waals surface area contributed by atoms with Gasteiger partial charge in [0.05, 0.1) is 18.5 Å². The van der Waals surface area contributed by atoms with Gasteiger partial charge >= 0.3 is 0 Å². The highest BCUT2D eigenvalue weighted by Crippen LogP contribution is 2.23. The molecule has 0 aromatic heterocycles. The summed E-state index contributed by atoms with van der Waals surface area (Å²) >= 11 is 0. The SMILES string of the molecule is CC[C@@H](C(=O)NCCOc1cc(C)ccc1C)N(c1ccc(F)cc1)S(C)(=O)=O. The van der Waals surface area contributed by atoms with Gasteiger partial charge in [-0.05, 0) is 61.7 Å². The van der Waals surface area contributed by atoms with Crippen molar-refractivity contribution < 1.29 is 22.3 Å². The first-order valence-corrected chi connectivity index (χ1v) is 11.2. The third-order valence-corrected chi connectivity index (χ3v) is 5.59. The maximum absolute atomic E-state index is 13.2. The van der Waals surface area contributed by atoms with Gasteiger partial charge in [-0.2, -0.15) is 0 Å². The molecule has 8 heteroatoms. The number of hydrogen-bond acceptors (Lipinski definition) is 4. The predicted octanol–water partition coefficient (Wildman–Crippen LogP) is 3.18. The largest absolute Gasteiger partial charge is 0.491 e. The number of carbonyl (C=O) groups excluding carboxylic acids is 1. The third-order valence-electron chi connectivity index (χ3n) is 4.41. The van der Waals surface area contributed by atoms with Gasteiger partial charge in [0, 0.05) is 0 Å². The average molecular weight is 423 g/mol. The zero-order chi connectivity index (χ0) is 21.6. The minimum Gasteiger partial charge on any atom is -0.491 e. The van der Waals surface area contributed by atoms with E-state index in [-0.39, 0.29) is 25.3 Å². The van der Waals surface area contributed by atoms with Gasteiger partial charge in [-0.25, -0.2) is 12.8 Å². The summed E-state index contributed by atoms with van der Waals surface area (Å²) in [6, 6.07) is 9.94. The average Bonchev–Trinajstić information content (AvgIpc) is 2.65. The van der Waals surface area contributed by atoms with E-state index in [9.17, 15) is 17.6 Å². The van der Waals surface area contributed by atoms with Crippen molar-refractivity contribution >= 4 is 21.6 Å². The Labute approximate surface area is 171 Å². The number of sulfonamides is 1. The highest BCUT2D eigenvalue weighted by molar-refractivity contribution is 7.92. The first kappa shape index (κ1) is 22.7. The lowest BCUT2D eigenvalue weighted by Crippen LogP contribution is -2.50. The highest BCUT2D eigenvalue weighted by atomic mass is 32.2. The van der Waals surface area contributed by atoms with Crippen LogP contribution in [0.4, 0.5) is 10.1 Å². The Bertz CT molecular complexity index is 946. The lowest BCUT2D eigenvalue weighted by molar-refractivity contribution is -0.122. The number of hydrogen-bond donors (Lipinski definition) is 1. The molecule has 2 rings (SSSR count). The van der Waals surface area contributed by atoms with Gasteiger partial charge < -0.3 is 10.1 Å². The van der Waals surface area contributed by atoms with Crippen molar-refractivity contribution in [2.75, 3.05) is 23.7 Å². The van der Waals surface area contributed by atoms with E-state index < -0.39 is 27.8 Å². The predicted molar refractivity (Wildman–Crippen MR) is 112 cm³/mol. The number of aryl methyl sites for hydroxylation is 2. The number of benzene rings is 2. The van der Waals surface area contributed by atoms with Crippen LogP contribution < -0.4 is 14.4 Å². The molecule has 0 saturated heterocycles. The lowest BCUT2D eigenvalue weighted by Gasteiger charge is -2.30. The van der Waals surface area contributed by atoms with Crippen LogP contribution in [0, 0.1) is 19.7 Å². The fourth-order valence-corrected chi connectivity index (χ4v) is 4.18. The van der Waals surface area contributed by atoms with Crippen LogP contribution in [0.25, 0.3) is 0 Å². The molecular formula is C21H27FN2O4S. The molecule has 158 valence electrons. The molecule has 1 N–H and O–H groups in total. The molecule has 0 saturated carbocycles. The van der Waals surface area contributed by atoms with Crippen molar-refractivity contribution in [1.82, 2.24) is 5.32 Å². The van der Waals surface area contributed by atoms with Gasteiger partial charge in [-0.15, -0.1) is 0 Å².